The van der Waals surface area contributed by atoms with Crippen molar-refractivity contribution in [2.24, 2.45) is 11.5 Å². The third-order valence-electron chi connectivity index (χ3n) is 19.8. The van der Waals surface area contributed by atoms with Gasteiger partial charge in [0, 0.05) is 126 Å². The number of amides is 16. The Morgan fingerprint density at radius 3 is 1.69 bits per heavy atom. The highest BCUT2D eigenvalue weighted by Gasteiger charge is 2.44. The molecule has 3 unspecified atom stereocenters. The molecule has 0 radical (unpaired) electrons. The van der Waals surface area contributed by atoms with Crippen molar-refractivity contribution in [1.29, 1.82) is 0 Å². The SMILES string of the molecule is Cc1ccccc1NC(=O)Nc1ccc(CC(=O)N[C@@H](CCCCNC(=O)/C=C/c2cccnc2)C(=O)N[C@@H](CCCC(=O)O)C(=O)NC2(C(=O)NCCOCCOCCNC(=O)CCC(=O)NCCOCCOCCNC(=O)CCC(=O)N[C@@H](CCCCNC(=O)[C@H](N)CSC3CC(=O)N(CC(=O)NCCCC(O)(O[PH](=O)O)O[PH](=O)O)C3=O)C(N)=O)CCCCC2)cc1. The topological polar surface area (TPSA) is 668 Å². The zero-order chi connectivity index (χ0) is 95.1. The fourth-order valence-corrected chi connectivity index (χ4v) is 15.0. The van der Waals surface area contributed by atoms with E-state index in [0.717, 1.165) is 29.3 Å². The molecule has 2 aromatic carbocycles. The summed E-state index contributed by atoms with van der Waals surface area (Å²) in [5.74, 6) is -12.3. The predicted octanol–water partition coefficient (Wildman–Crippen LogP) is -0.504. The van der Waals surface area contributed by atoms with Gasteiger partial charge in [-0.15, -0.1) is 11.8 Å². The Labute approximate surface area is 757 Å². The zero-order valence-corrected chi connectivity index (χ0v) is 75.4. The first-order valence-electron chi connectivity index (χ1n) is 42.7. The highest BCUT2D eigenvalue weighted by molar-refractivity contribution is 8.00. The number of pyridine rings is 1. The van der Waals surface area contributed by atoms with Crippen molar-refractivity contribution in [2.45, 2.75) is 189 Å². The summed E-state index contributed by atoms with van der Waals surface area (Å²) >= 11 is 0.938. The molecular formula is C82H123N17O28P2S. The van der Waals surface area contributed by atoms with E-state index in [1.165, 1.54) is 6.08 Å². The van der Waals surface area contributed by atoms with Crippen LogP contribution < -0.4 is 80.6 Å². The van der Waals surface area contributed by atoms with Gasteiger partial charge >= 0.3 is 28.5 Å². The molecule has 1 saturated heterocycles. The number of likely N-dealkylation sites (tertiary alicyclic amines) is 1. The van der Waals surface area contributed by atoms with Gasteiger partial charge < -0.3 is 120 Å². The molecule has 5 rings (SSSR count). The summed E-state index contributed by atoms with van der Waals surface area (Å²) < 4.78 is 52.7. The van der Waals surface area contributed by atoms with Crippen LogP contribution in [0.25, 0.3) is 6.08 Å². The molecule has 1 aromatic heterocycles. The lowest BCUT2D eigenvalue weighted by molar-refractivity contribution is -0.277. The van der Waals surface area contributed by atoms with Gasteiger partial charge in [-0.25, -0.2) is 4.79 Å². The lowest BCUT2D eigenvalue weighted by Crippen LogP contribution is -2.63. The van der Waals surface area contributed by atoms with Crippen LogP contribution in [0.3, 0.4) is 0 Å². The Hall–Kier alpha value is -10.7. The van der Waals surface area contributed by atoms with Crippen LogP contribution in [0.4, 0.5) is 16.2 Å². The number of carboxylic acids is 1. The number of benzene rings is 2. The molecule has 1 saturated carbocycles. The van der Waals surface area contributed by atoms with E-state index >= 15 is 0 Å². The van der Waals surface area contributed by atoms with Crippen molar-refractivity contribution in [3.8, 4) is 0 Å². The number of aromatic nitrogens is 1. The number of anilines is 2. The average molecular weight is 1890 g/mol. The third-order valence-corrected chi connectivity index (χ3v) is 22.1. The summed E-state index contributed by atoms with van der Waals surface area (Å²) in [7, 11) is -7.59. The second-order valence-corrected chi connectivity index (χ2v) is 32.9. The lowest BCUT2D eigenvalue weighted by Gasteiger charge is -2.38. The molecule has 2 fully saturated rings. The van der Waals surface area contributed by atoms with Crippen molar-refractivity contribution < 1.29 is 134 Å². The molecule has 45 nitrogen and oxygen atoms in total. The maximum Gasteiger partial charge on any atom is 0.323 e. The van der Waals surface area contributed by atoms with Crippen molar-refractivity contribution in [2.75, 3.05) is 122 Å². The van der Waals surface area contributed by atoms with Gasteiger partial charge in [-0.1, -0.05) is 55.7 Å². The molecule has 3 aromatic rings. The maximum absolute atomic E-state index is 14.4. The third kappa shape index (κ3) is 46.2. The molecule has 1 aliphatic heterocycles. The van der Waals surface area contributed by atoms with E-state index in [1.807, 2.05) is 19.1 Å². The minimum Gasteiger partial charge on any atom is -0.481 e. The Morgan fingerprint density at radius 1 is 0.585 bits per heavy atom. The number of nitrogens with zero attached hydrogens (tertiary/aromatic N) is 2. The van der Waals surface area contributed by atoms with E-state index in [4.69, 9.17) is 40.2 Å². The molecule has 1 aliphatic carbocycles. The second kappa shape index (κ2) is 61.8. The zero-order valence-electron chi connectivity index (χ0n) is 72.6. The molecule has 720 valence electrons. The number of nitrogens with two attached hydrogens (primary N) is 2. The summed E-state index contributed by atoms with van der Waals surface area (Å²) in [6, 6.07) is 12.2. The van der Waals surface area contributed by atoms with Crippen LogP contribution in [0.5, 0.6) is 0 Å². The summed E-state index contributed by atoms with van der Waals surface area (Å²) in [6.07, 6.45) is 7.97. The molecule has 0 spiro atoms. The number of nitrogens with one attached hydrogen (secondary N) is 13. The average Bonchev–Trinajstić information content (AvgIpc) is 1.02. The molecule has 2 heterocycles. The second-order valence-electron chi connectivity index (χ2n) is 30.2. The van der Waals surface area contributed by atoms with Gasteiger partial charge in [0.2, 0.25) is 82.7 Å². The molecule has 21 N–H and O–H groups in total. The van der Waals surface area contributed by atoms with Crippen LogP contribution in [-0.4, -0.2) is 276 Å². The standard InChI is InChI=1S/C82H123N17O28P2S/c1-55-14-3-4-16-60(55)97-80(116)93-58-24-21-56(22-25-58)50-70(105)95-62(18-6-9-35-86-65(100)26-23-57-15-12-34-85-52-57)76(112)96-63(19-11-20-73(108)109)77(113)98-81(31-7-2-8-32-81)79(115)92-41-45-125-49-48-124-43-39-89-67(102)28-27-66(101)88-38-42-122-46-47-123-44-40-90-68(103)29-30-69(104)94-61(74(84)110)17-5-10-36-91-75(111)59(83)54-130-64-51-72(107)99(78(64)114)53-71(106)87-37-13-33-82(117,126-128(118)119)127-129(120)121/h3-4,12,14-16,21-26,34,52,59,61-64,117,128-129H,2,5-11,13,17-20,27-33,35-51,53-54,83H2,1H3,(H2,84,110)(H,86,100)(H,87,106)(H,88,101)(H,89,102)(H,90,103)(H,91,111)(H,92,115)(H,94,104)(H,95,105)(H,96,112)(H,98,113)(H,108,109)(H,118,119)(H,120,121)(H2,93,97,116)/b26-23+/t59-,61+,62+,63+,64?/m1/s1. The number of ether oxygens (including phenoxy) is 4. The van der Waals surface area contributed by atoms with Crippen LogP contribution in [0.1, 0.15) is 152 Å². The Balaban J connectivity index is 0.882. The normalized spacial score (nSPS) is 15.3. The molecule has 0 bridgehead atoms. The lowest BCUT2D eigenvalue weighted by atomic mass is 9.80. The minimum atomic E-state index is -3.79. The van der Waals surface area contributed by atoms with Crippen molar-refractivity contribution in [3.05, 3.63) is 95.8 Å². The maximum atomic E-state index is 14.4. The molecule has 16 amide bonds. The summed E-state index contributed by atoms with van der Waals surface area (Å²) in [4.78, 5) is 229. The highest BCUT2D eigenvalue weighted by Crippen LogP contribution is 2.36. The molecule has 48 heteroatoms. The molecule has 130 heavy (non-hydrogen) atoms. The van der Waals surface area contributed by atoms with Crippen LogP contribution in [0, 0.1) is 6.92 Å². The van der Waals surface area contributed by atoms with E-state index in [1.54, 1.807) is 67.0 Å². The van der Waals surface area contributed by atoms with E-state index in [2.05, 4.69) is 83.1 Å². The highest BCUT2D eigenvalue weighted by atomic mass is 32.2. The minimum absolute atomic E-state index is 0.0215. The van der Waals surface area contributed by atoms with Gasteiger partial charge in [0.25, 0.3) is 5.97 Å². The van der Waals surface area contributed by atoms with Gasteiger partial charge in [-0.05, 0) is 125 Å². The van der Waals surface area contributed by atoms with Crippen molar-refractivity contribution in [3.63, 3.8) is 0 Å². The monoisotopic (exact) mass is 1890 g/mol. The number of rotatable bonds is 66. The predicted molar refractivity (Wildman–Crippen MR) is 473 cm³/mol. The fourth-order valence-electron chi connectivity index (χ4n) is 13.0. The number of urea groups is 1. The van der Waals surface area contributed by atoms with E-state index in [-0.39, 0.29) is 212 Å². The van der Waals surface area contributed by atoms with Crippen LogP contribution in [0.2, 0.25) is 0 Å². The summed E-state index contributed by atoms with van der Waals surface area (Å²) in [5, 5.41) is 53.8. The number of aliphatic carboxylic acids is 1. The number of aryl methyl sites for hydroxylation is 1. The van der Waals surface area contributed by atoms with Gasteiger partial charge in [0.1, 0.15) is 30.2 Å². The van der Waals surface area contributed by atoms with E-state index in [9.17, 15) is 96.1 Å². The number of unbranched alkanes of at least 4 members (excludes halogenated alkanes) is 2. The molecule has 2 aliphatic rings. The number of para-hydroxylation sites is 1. The number of primary amides is 1. The summed E-state index contributed by atoms with van der Waals surface area (Å²) in [5.41, 5.74) is 13.4. The van der Waals surface area contributed by atoms with Gasteiger partial charge in [-0.2, -0.15) is 0 Å². The van der Waals surface area contributed by atoms with E-state index < -0.39 is 147 Å². The summed E-state index contributed by atoms with van der Waals surface area (Å²) in [6.45, 7) is 2.89. The Morgan fingerprint density at radius 2 is 1.12 bits per heavy atom. The van der Waals surface area contributed by atoms with Crippen LogP contribution in [0.15, 0.2) is 79.1 Å². The van der Waals surface area contributed by atoms with Crippen molar-refractivity contribution >= 4 is 140 Å². The molecular weight excluding hydrogens is 1770 g/mol. The number of thioether (sulfide) groups is 1. The van der Waals surface area contributed by atoms with Crippen LogP contribution in [-0.2, 0) is 115 Å². The number of hydrogen-bond acceptors (Lipinski definition) is 28. The first-order valence-corrected chi connectivity index (χ1v) is 46.3. The Bertz CT molecular complexity index is 4260. The number of carbonyl (C=O) groups excluding carboxylic acids is 15. The number of imide groups is 1. The first-order chi connectivity index (χ1) is 62.2. The Kier molecular flexibility index (Phi) is 52.2. The molecule has 7 atom stereocenters. The number of carbonyl (C=O) groups is 16. The van der Waals surface area contributed by atoms with Gasteiger partial charge in [0.15, 0.2) is 0 Å². The smallest absolute Gasteiger partial charge is 0.323 e. The number of carboxylic acid groups (broad SMARTS) is 1. The number of aliphatic hydroxyl groups is 1. The van der Waals surface area contributed by atoms with Gasteiger partial charge in [-0.3, -0.25) is 100.0 Å². The first kappa shape index (κ1) is 110. The van der Waals surface area contributed by atoms with E-state index in [0.29, 0.717) is 60.4 Å². The van der Waals surface area contributed by atoms with Crippen LogP contribution >= 0.6 is 28.3 Å². The fraction of sp³-hybridized carbons (Fsp3) is 0.573. The quantitative estimate of drug-likeness (QED) is 0.0111. The van der Waals surface area contributed by atoms with Gasteiger partial charge in [0.05, 0.1) is 70.6 Å². The number of hydrogen-bond donors (Lipinski definition) is 19. The largest absolute Gasteiger partial charge is 0.481 e. The van der Waals surface area contributed by atoms with Crippen molar-refractivity contribution in [1.82, 2.24) is 68.4 Å².